The number of nitrogens with zero attached hydrogens (tertiary/aromatic N) is 2. The van der Waals surface area contributed by atoms with E-state index in [9.17, 15) is 5.11 Å². The maximum Gasteiger partial charge on any atom is 0.0829 e. The van der Waals surface area contributed by atoms with Gasteiger partial charge in [0.25, 0.3) is 0 Å². The van der Waals surface area contributed by atoms with Crippen molar-refractivity contribution >= 4 is 0 Å². The monoisotopic (exact) mass is 270 g/mol. The Bertz CT molecular complexity index is 273. The molecule has 0 aliphatic carbocycles. The molecule has 112 valence electrons. The van der Waals surface area contributed by atoms with Gasteiger partial charge in [-0.15, -0.1) is 0 Å². The first-order valence-corrected chi connectivity index (χ1v) is 7.79. The van der Waals surface area contributed by atoms with Gasteiger partial charge < -0.3 is 9.84 Å². The predicted octanol–water partition coefficient (Wildman–Crippen LogP) is 1.05. The SMILES string of the molecule is CC(C)CN1CCOC(CN2CCC(C)C(O)C2)C1. The lowest BCUT2D eigenvalue weighted by atomic mass is 9.96. The average molecular weight is 270 g/mol. The Hall–Kier alpha value is -0.160. The van der Waals surface area contributed by atoms with Gasteiger partial charge in [0, 0.05) is 32.7 Å². The lowest BCUT2D eigenvalue weighted by Gasteiger charge is -2.39. The minimum Gasteiger partial charge on any atom is -0.392 e. The van der Waals surface area contributed by atoms with Crippen molar-refractivity contribution in [3.63, 3.8) is 0 Å². The molecule has 19 heavy (non-hydrogen) atoms. The predicted molar refractivity (Wildman–Crippen MR) is 77.2 cm³/mol. The summed E-state index contributed by atoms with van der Waals surface area (Å²) in [7, 11) is 0. The van der Waals surface area contributed by atoms with E-state index in [1.54, 1.807) is 0 Å². The van der Waals surface area contributed by atoms with Gasteiger partial charge in [-0.05, 0) is 24.8 Å². The highest BCUT2D eigenvalue weighted by Crippen LogP contribution is 2.18. The van der Waals surface area contributed by atoms with Crippen molar-refractivity contribution in [1.29, 1.82) is 0 Å². The average Bonchev–Trinajstić information content (AvgIpc) is 2.33. The summed E-state index contributed by atoms with van der Waals surface area (Å²) in [5.74, 6) is 1.16. The first-order valence-electron chi connectivity index (χ1n) is 7.79. The van der Waals surface area contributed by atoms with Crippen molar-refractivity contribution in [2.45, 2.75) is 39.4 Å². The molecule has 0 aromatic carbocycles. The Morgan fingerprint density at radius 2 is 2.00 bits per heavy atom. The number of aliphatic hydroxyl groups excluding tert-OH is 1. The minimum atomic E-state index is -0.163. The second-order valence-corrected chi connectivity index (χ2v) is 6.74. The fourth-order valence-corrected chi connectivity index (χ4v) is 3.14. The molecule has 0 amide bonds. The Labute approximate surface area is 117 Å². The molecule has 4 nitrogen and oxygen atoms in total. The summed E-state index contributed by atoms with van der Waals surface area (Å²) in [6, 6.07) is 0. The zero-order chi connectivity index (χ0) is 13.8. The highest BCUT2D eigenvalue weighted by molar-refractivity contribution is 4.81. The van der Waals surface area contributed by atoms with Crippen LogP contribution >= 0.6 is 0 Å². The largest absolute Gasteiger partial charge is 0.392 e. The molecule has 1 N–H and O–H groups in total. The number of aliphatic hydroxyl groups is 1. The number of hydrogen-bond donors (Lipinski definition) is 1. The van der Waals surface area contributed by atoms with Crippen LogP contribution in [0.2, 0.25) is 0 Å². The molecular formula is C15H30N2O2. The van der Waals surface area contributed by atoms with Crippen molar-refractivity contribution in [2.75, 3.05) is 45.9 Å². The molecule has 0 aromatic rings. The van der Waals surface area contributed by atoms with E-state index in [2.05, 4.69) is 30.6 Å². The summed E-state index contributed by atoms with van der Waals surface area (Å²) >= 11 is 0. The van der Waals surface area contributed by atoms with Gasteiger partial charge in [-0.3, -0.25) is 9.80 Å². The van der Waals surface area contributed by atoms with Gasteiger partial charge in [-0.2, -0.15) is 0 Å². The van der Waals surface area contributed by atoms with Crippen molar-refractivity contribution < 1.29 is 9.84 Å². The summed E-state index contributed by atoms with van der Waals surface area (Å²) in [6.07, 6.45) is 1.25. The van der Waals surface area contributed by atoms with E-state index in [4.69, 9.17) is 4.74 Å². The van der Waals surface area contributed by atoms with Crippen molar-refractivity contribution in [1.82, 2.24) is 9.80 Å². The van der Waals surface area contributed by atoms with Gasteiger partial charge in [0.15, 0.2) is 0 Å². The highest BCUT2D eigenvalue weighted by atomic mass is 16.5. The second-order valence-electron chi connectivity index (χ2n) is 6.74. The Morgan fingerprint density at radius 3 is 2.68 bits per heavy atom. The van der Waals surface area contributed by atoms with Gasteiger partial charge in [-0.1, -0.05) is 20.8 Å². The van der Waals surface area contributed by atoms with Crippen LogP contribution in [0.1, 0.15) is 27.2 Å². The molecule has 0 aromatic heterocycles. The zero-order valence-electron chi connectivity index (χ0n) is 12.7. The zero-order valence-corrected chi connectivity index (χ0v) is 12.7. The van der Waals surface area contributed by atoms with E-state index < -0.39 is 0 Å². The normalized spacial score (nSPS) is 34.9. The van der Waals surface area contributed by atoms with Crippen LogP contribution in [-0.4, -0.2) is 73.0 Å². The summed E-state index contributed by atoms with van der Waals surface area (Å²) in [5, 5.41) is 9.96. The summed E-state index contributed by atoms with van der Waals surface area (Å²) in [4.78, 5) is 4.88. The van der Waals surface area contributed by atoms with E-state index in [1.807, 2.05) is 0 Å². The standard InChI is InChI=1S/C15H30N2O2/c1-12(2)8-17-6-7-19-14(10-17)9-16-5-4-13(3)15(18)11-16/h12-15,18H,4-11H2,1-3H3. The number of piperidine rings is 1. The topological polar surface area (TPSA) is 35.9 Å². The van der Waals surface area contributed by atoms with E-state index in [0.717, 1.165) is 51.7 Å². The molecule has 0 bridgehead atoms. The molecule has 3 atom stereocenters. The Morgan fingerprint density at radius 1 is 1.21 bits per heavy atom. The van der Waals surface area contributed by atoms with Crippen molar-refractivity contribution in [3.05, 3.63) is 0 Å². The van der Waals surface area contributed by atoms with Gasteiger partial charge in [0.1, 0.15) is 0 Å². The first-order chi connectivity index (χ1) is 9.04. The smallest absolute Gasteiger partial charge is 0.0829 e. The molecule has 2 fully saturated rings. The maximum absolute atomic E-state index is 9.96. The lowest BCUT2D eigenvalue weighted by molar-refractivity contribution is -0.0597. The summed E-state index contributed by atoms with van der Waals surface area (Å²) in [5.41, 5.74) is 0. The lowest BCUT2D eigenvalue weighted by Crippen LogP contribution is -2.51. The molecule has 2 aliphatic rings. The number of ether oxygens (including phenoxy) is 1. The molecule has 2 aliphatic heterocycles. The Kier molecular flexibility index (Phi) is 5.63. The maximum atomic E-state index is 9.96. The number of likely N-dealkylation sites (tertiary alicyclic amines) is 1. The molecular weight excluding hydrogens is 240 g/mol. The summed E-state index contributed by atoms with van der Waals surface area (Å²) in [6.45, 7) is 13.7. The first kappa shape index (κ1) is 15.2. The molecule has 0 radical (unpaired) electrons. The molecule has 0 saturated carbocycles. The van der Waals surface area contributed by atoms with Gasteiger partial charge in [0.2, 0.25) is 0 Å². The fraction of sp³-hybridized carbons (Fsp3) is 1.00. The Balaban J connectivity index is 1.76. The molecule has 2 rings (SSSR count). The second kappa shape index (κ2) is 7.02. The third-order valence-electron chi connectivity index (χ3n) is 4.31. The highest BCUT2D eigenvalue weighted by Gasteiger charge is 2.28. The van der Waals surface area contributed by atoms with Crippen LogP contribution in [-0.2, 0) is 4.74 Å². The van der Waals surface area contributed by atoms with E-state index in [0.29, 0.717) is 12.0 Å². The van der Waals surface area contributed by atoms with Crippen LogP contribution in [0.25, 0.3) is 0 Å². The fourth-order valence-electron chi connectivity index (χ4n) is 3.14. The van der Waals surface area contributed by atoms with Crippen LogP contribution in [0.5, 0.6) is 0 Å². The van der Waals surface area contributed by atoms with Crippen molar-refractivity contribution in [2.24, 2.45) is 11.8 Å². The van der Waals surface area contributed by atoms with Crippen LogP contribution in [0.3, 0.4) is 0 Å². The summed E-state index contributed by atoms with van der Waals surface area (Å²) < 4.78 is 5.89. The minimum absolute atomic E-state index is 0.163. The van der Waals surface area contributed by atoms with Gasteiger partial charge in [0.05, 0.1) is 18.8 Å². The molecule has 3 unspecified atom stereocenters. The van der Waals surface area contributed by atoms with Crippen LogP contribution in [0.15, 0.2) is 0 Å². The molecule has 2 heterocycles. The van der Waals surface area contributed by atoms with Gasteiger partial charge in [-0.25, -0.2) is 0 Å². The van der Waals surface area contributed by atoms with Crippen LogP contribution in [0.4, 0.5) is 0 Å². The van der Waals surface area contributed by atoms with E-state index in [-0.39, 0.29) is 6.10 Å². The number of rotatable bonds is 4. The van der Waals surface area contributed by atoms with E-state index >= 15 is 0 Å². The number of morpholine rings is 1. The third kappa shape index (κ3) is 4.71. The van der Waals surface area contributed by atoms with Crippen LogP contribution in [0, 0.1) is 11.8 Å². The van der Waals surface area contributed by atoms with Gasteiger partial charge >= 0.3 is 0 Å². The number of β-amino-alcohol motifs (C(OH)–C–C–N with tert-alkyl or cyclic N) is 1. The van der Waals surface area contributed by atoms with Crippen molar-refractivity contribution in [3.8, 4) is 0 Å². The molecule has 4 heteroatoms. The van der Waals surface area contributed by atoms with E-state index in [1.165, 1.54) is 6.54 Å². The molecule has 2 saturated heterocycles. The third-order valence-corrected chi connectivity index (χ3v) is 4.31. The quantitative estimate of drug-likeness (QED) is 0.828. The molecule has 0 spiro atoms. The van der Waals surface area contributed by atoms with Crippen LogP contribution < -0.4 is 0 Å². The number of hydrogen-bond acceptors (Lipinski definition) is 4.